The molecule has 0 aromatic carbocycles. The van der Waals surface area contributed by atoms with Crippen molar-refractivity contribution in [3.05, 3.63) is 0 Å². The molecule has 1 unspecified atom stereocenters. The zero-order valence-electron chi connectivity index (χ0n) is 9.22. The van der Waals surface area contributed by atoms with Crippen LogP contribution in [0.15, 0.2) is 0 Å². The minimum absolute atomic E-state index is 0.0946. The molecule has 0 aliphatic carbocycles. The Balaban J connectivity index is 2.19. The van der Waals surface area contributed by atoms with Gasteiger partial charge in [-0.1, -0.05) is 0 Å². The van der Waals surface area contributed by atoms with E-state index in [1.165, 1.54) is 7.11 Å². The van der Waals surface area contributed by atoms with E-state index in [0.717, 1.165) is 0 Å². The predicted molar refractivity (Wildman–Crippen MR) is 51.9 cm³/mol. The van der Waals surface area contributed by atoms with Crippen molar-refractivity contribution in [1.82, 2.24) is 4.90 Å². The molecule has 1 atom stereocenters. The molecule has 94 valence electrons. The topological polar surface area (TPSA) is 29.5 Å². The lowest BCUT2D eigenvalue weighted by Crippen LogP contribution is -2.25. The number of carbonyl (C=O) groups excluding carboxylic acids is 1. The molecule has 0 N–H and O–H groups in total. The van der Waals surface area contributed by atoms with Crippen LogP contribution in [0.2, 0.25) is 0 Å². The van der Waals surface area contributed by atoms with Crippen LogP contribution >= 0.6 is 0 Å². The number of ether oxygens (including phenoxy) is 1. The monoisotopic (exact) mass is 239 g/mol. The normalized spacial score (nSPS) is 22.4. The molecule has 0 radical (unpaired) electrons. The maximum absolute atomic E-state index is 11.9. The Bertz CT molecular complexity index is 243. The van der Waals surface area contributed by atoms with Crippen LogP contribution in [0.4, 0.5) is 13.2 Å². The highest BCUT2D eigenvalue weighted by Crippen LogP contribution is 2.23. The van der Waals surface area contributed by atoms with Crippen molar-refractivity contribution in [3.8, 4) is 0 Å². The molecule has 0 saturated carbocycles. The van der Waals surface area contributed by atoms with Crippen LogP contribution in [-0.2, 0) is 9.53 Å². The third-order valence-corrected chi connectivity index (χ3v) is 2.74. The van der Waals surface area contributed by atoms with E-state index in [0.29, 0.717) is 26.1 Å². The summed E-state index contributed by atoms with van der Waals surface area (Å²) in [7, 11) is 1.33. The highest BCUT2D eigenvalue weighted by molar-refractivity contribution is 5.72. The maximum Gasteiger partial charge on any atom is 0.389 e. The van der Waals surface area contributed by atoms with Crippen LogP contribution in [0.25, 0.3) is 0 Å². The Labute approximate surface area is 92.5 Å². The smallest absolute Gasteiger partial charge is 0.389 e. The van der Waals surface area contributed by atoms with Gasteiger partial charge in [0.25, 0.3) is 0 Å². The number of alkyl halides is 3. The second-order valence-electron chi connectivity index (χ2n) is 4.03. The van der Waals surface area contributed by atoms with Gasteiger partial charge in [-0.2, -0.15) is 13.2 Å². The lowest BCUT2D eigenvalue weighted by atomic mass is 10.1. The SMILES string of the molecule is COC(=O)C1CCN(CCCC(F)(F)F)C1. The number of halogens is 3. The average Bonchev–Trinajstić information content (AvgIpc) is 2.63. The van der Waals surface area contributed by atoms with Gasteiger partial charge in [0.15, 0.2) is 0 Å². The summed E-state index contributed by atoms with van der Waals surface area (Å²) >= 11 is 0. The number of methoxy groups -OCH3 is 1. The summed E-state index contributed by atoms with van der Waals surface area (Å²) in [5.74, 6) is -0.436. The Morgan fingerprint density at radius 3 is 2.75 bits per heavy atom. The van der Waals surface area contributed by atoms with E-state index in [4.69, 9.17) is 0 Å². The van der Waals surface area contributed by atoms with Crippen molar-refractivity contribution in [2.24, 2.45) is 5.92 Å². The highest BCUT2D eigenvalue weighted by atomic mass is 19.4. The molecule has 16 heavy (non-hydrogen) atoms. The van der Waals surface area contributed by atoms with E-state index >= 15 is 0 Å². The summed E-state index contributed by atoms with van der Waals surface area (Å²) in [4.78, 5) is 13.0. The summed E-state index contributed by atoms with van der Waals surface area (Å²) in [6.45, 7) is 1.59. The molecule has 0 aromatic rings. The molecule has 1 aliphatic heterocycles. The fourth-order valence-electron chi connectivity index (χ4n) is 1.90. The number of carbonyl (C=O) groups is 1. The Kier molecular flexibility index (Phi) is 4.58. The van der Waals surface area contributed by atoms with Crippen LogP contribution in [0.5, 0.6) is 0 Å². The van der Waals surface area contributed by atoms with Crippen LogP contribution in [0, 0.1) is 5.92 Å². The van der Waals surface area contributed by atoms with Gasteiger partial charge in [0, 0.05) is 13.0 Å². The largest absolute Gasteiger partial charge is 0.469 e. The predicted octanol–water partition coefficient (Wildman–Crippen LogP) is 1.82. The van der Waals surface area contributed by atoms with Crippen molar-refractivity contribution in [2.75, 3.05) is 26.7 Å². The minimum atomic E-state index is -4.08. The Morgan fingerprint density at radius 1 is 1.50 bits per heavy atom. The molecule has 0 aromatic heterocycles. The van der Waals surface area contributed by atoms with Gasteiger partial charge in [-0.3, -0.25) is 4.79 Å². The quantitative estimate of drug-likeness (QED) is 0.701. The molecule has 6 heteroatoms. The van der Waals surface area contributed by atoms with Crippen molar-refractivity contribution < 1.29 is 22.7 Å². The first-order valence-electron chi connectivity index (χ1n) is 5.29. The van der Waals surface area contributed by atoms with Gasteiger partial charge in [-0.25, -0.2) is 0 Å². The van der Waals surface area contributed by atoms with E-state index in [9.17, 15) is 18.0 Å². The van der Waals surface area contributed by atoms with E-state index in [-0.39, 0.29) is 18.3 Å². The lowest BCUT2D eigenvalue weighted by molar-refractivity contribution is -0.145. The number of likely N-dealkylation sites (tertiary alicyclic amines) is 1. The van der Waals surface area contributed by atoms with Gasteiger partial charge in [-0.05, 0) is 25.9 Å². The molecule has 1 saturated heterocycles. The fraction of sp³-hybridized carbons (Fsp3) is 0.900. The molecular formula is C10H16F3NO2. The van der Waals surface area contributed by atoms with Gasteiger partial charge in [0.1, 0.15) is 0 Å². The van der Waals surface area contributed by atoms with Crippen molar-refractivity contribution >= 4 is 5.97 Å². The van der Waals surface area contributed by atoms with Gasteiger partial charge < -0.3 is 9.64 Å². The van der Waals surface area contributed by atoms with Gasteiger partial charge in [0.05, 0.1) is 13.0 Å². The minimum Gasteiger partial charge on any atom is -0.469 e. The van der Waals surface area contributed by atoms with E-state index < -0.39 is 12.6 Å². The third-order valence-electron chi connectivity index (χ3n) is 2.74. The molecular weight excluding hydrogens is 223 g/mol. The van der Waals surface area contributed by atoms with Crippen LogP contribution in [0.1, 0.15) is 19.3 Å². The first kappa shape index (κ1) is 13.3. The van der Waals surface area contributed by atoms with E-state index in [1.807, 2.05) is 4.90 Å². The van der Waals surface area contributed by atoms with Crippen LogP contribution < -0.4 is 0 Å². The number of esters is 1. The Morgan fingerprint density at radius 2 is 2.19 bits per heavy atom. The molecule has 0 spiro atoms. The van der Waals surface area contributed by atoms with Crippen molar-refractivity contribution in [2.45, 2.75) is 25.4 Å². The van der Waals surface area contributed by atoms with Gasteiger partial charge in [0.2, 0.25) is 0 Å². The zero-order chi connectivity index (χ0) is 12.2. The molecule has 1 aliphatic rings. The Hall–Kier alpha value is -0.780. The molecule has 3 nitrogen and oxygen atoms in total. The highest BCUT2D eigenvalue weighted by Gasteiger charge is 2.30. The van der Waals surface area contributed by atoms with Crippen LogP contribution in [-0.4, -0.2) is 43.8 Å². The van der Waals surface area contributed by atoms with Gasteiger partial charge in [-0.15, -0.1) is 0 Å². The first-order valence-corrected chi connectivity index (χ1v) is 5.29. The van der Waals surface area contributed by atoms with E-state index in [2.05, 4.69) is 4.74 Å². The third kappa shape index (κ3) is 4.38. The van der Waals surface area contributed by atoms with Crippen molar-refractivity contribution in [1.29, 1.82) is 0 Å². The van der Waals surface area contributed by atoms with E-state index in [1.54, 1.807) is 0 Å². The molecule has 1 rings (SSSR count). The summed E-state index contributed by atoms with van der Waals surface area (Å²) in [6, 6.07) is 0. The number of rotatable bonds is 4. The number of nitrogens with zero attached hydrogens (tertiary/aromatic N) is 1. The second kappa shape index (κ2) is 5.52. The summed E-state index contributed by atoms with van der Waals surface area (Å²) < 4.78 is 40.3. The second-order valence-corrected chi connectivity index (χ2v) is 4.03. The first-order chi connectivity index (χ1) is 7.42. The van der Waals surface area contributed by atoms with Crippen molar-refractivity contribution in [3.63, 3.8) is 0 Å². The summed E-state index contributed by atoms with van der Waals surface area (Å²) in [5, 5.41) is 0. The lowest BCUT2D eigenvalue weighted by Gasteiger charge is -2.15. The maximum atomic E-state index is 11.9. The zero-order valence-corrected chi connectivity index (χ0v) is 9.22. The number of hydrogen-bond donors (Lipinski definition) is 0. The molecule has 1 heterocycles. The molecule has 0 amide bonds. The fourth-order valence-corrected chi connectivity index (χ4v) is 1.90. The number of hydrogen-bond acceptors (Lipinski definition) is 3. The van der Waals surface area contributed by atoms with Crippen LogP contribution in [0.3, 0.4) is 0 Å². The standard InChI is InChI=1S/C10H16F3NO2/c1-16-9(15)8-3-6-14(7-8)5-2-4-10(11,12)13/h8H,2-7H2,1H3. The van der Waals surface area contributed by atoms with Gasteiger partial charge >= 0.3 is 12.1 Å². The summed E-state index contributed by atoms with van der Waals surface area (Å²) in [5.41, 5.74) is 0. The molecule has 0 bridgehead atoms. The molecule has 1 fully saturated rings. The summed E-state index contributed by atoms with van der Waals surface area (Å²) in [6.07, 6.45) is -4.07. The average molecular weight is 239 g/mol.